The molecule has 0 fully saturated rings. The first-order valence-electron chi connectivity index (χ1n) is 9.77. The van der Waals surface area contributed by atoms with Crippen molar-refractivity contribution in [1.29, 1.82) is 0 Å². The monoisotopic (exact) mass is 411 g/mol. The smallest absolute Gasteiger partial charge is 0.233 e. The van der Waals surface area contributed by atoms with Gasteiger partial charge in [-0.2, -0.15) is 0 Å². The summed E-state index contributed by atoms with van der Waals surface area (Å²) in [5.41, 5.74) is 3.12. The van der Waals surface area contributed by atoms with Crippen molar-refractivity contribution in [2.45, 2.75) is 19.8 Å². The van der Waals surface area contributed by atoms with Crippen molar-refractivity contribution in [2.75, 3.05) is 38.9 Å². The maximum atomic E-state index is 13.3. The highest BCUT2D eigenvalue weighted by molar-refractivity contribution is 7.22. The van der Waals surface area contributed by atoms with Gasteiger partial charge in [0.1, 0.15) is 0 Å². The standard InChI is InChI=1S/C22H25N3O3S/c1-4-16-6-5-7-19-21(16)23-22(29-19)25(11-10-24(2)3)20(26)13-15-8-9-17-18(12-15)28-14-27-17/h5-9,12H,4,10-11,13-14H2,1-3H3. The van der Waals surface area contributed by atoms with Crippen LogP contribution >= 0.6 is 11.3 Å². The van der Waals surface area contributed by atoms with Crippen molar-refractivity contribution >= 4 is 32.6 Å². The van der Waals surface area contributed by atoms with Crippen molar-refractivity contribution in [3.05, 3.63) is 47.5 Å². The van der Waals surface area contributed by atoms with Crippen molar-refractivity contribution in [3.63, 3.8) is 0 Å². The molecule has 0 saturated heterocycles. The third kappa shape index (κ3) is 4.21. The number of fused-ring (bicyclic) bond motifs is 2. The Kier molecular flexibility index (Phi) is 5.69. The molecule has 1 amide bonds. The van der Waals surface area contributed by atoms with E-state index in [9.17, 15) is 4.79 Å². The Balaban J connectivity index is 1.62. The van der Waals surface area contributed by atoms with Gasteiger partial charge in [0.25, 0.3) is 0 Å². The molecular weight excluding hydrogens is 386 g/mol. The fourth-order valence-electron chi connectivity index (χ4n) is 3.34. The van der Waals surface area contributed by atoms with Gasteiger partial charge in [-0.05, 0) is 49.8 Å². The van der Waals surface area contributed by atoms with Crippen LogP contribution in [0, 0.1) is 0 Å². The second-order valence-electron chi connectivity index (χ2n) is 7.33. The van der Waals surface area contributed by atoms with E-state index in [2.05, 4.69) is 30.0 Å². The molecule has 0 saturated carbocycles. The summed E-state index contributed by atoms with van der Waals surface area (Å²) in [6.45, 7) is 3.72. The molecule has 6 nitrogen and oxygen atoms in total. The van der Waals surface area contributed by atoms with E-state index in [1.807, 2.05) is 37.2 Å². The van der Waals surface area contributed by atoms with Crippen LogP contribution in [0.15, 0.2) is 36.4 Å². The Morgan fingerprint density at radius 3 is 2.76 bits per heavy atom. The summed E-state index contributed by atoms with van der Waals surface area (Å²) in [4.78, 5) is 22.0. The Morgan fingerprint density at radius 2 is 1.97 bits per heavy atom. The van der Waals surface area contributed by atoms with Crippen LogP contribution in [0.3, 0.4) is 0 Å². The summed E-state index contributed by atoms with van der Waals surface area (Å²) in [6.07, 6.45) is 1.21. The number of hydrogen-bond acceptors (Lipinski definition) is 6. The van der Waals surface area contributed by atoms with Gasteiger partial charge in [-0.25, -0.2) is 4.98 Å². The summed E-state index contributed by atoms with van der Waals surface area (Å²) < 4.78 is 11.9. The molecule has 1 aliphatic rings. The number of rotatable bonds is 7. The van der Waals surface area contributed by atoms with E-state index >= 15 is 0 Å². The molecule has 0 N–H and O–H groups in total. The molecule has 7 heteroatoms. The normalized spacial score (nSPS) is 12.7. The molecule has 0 unspecified atom stereocenters. The van der Waals surface area contributed by atoms with Crippen LogP contribution in [-0.4, -0.2) is 49.8 Å². The highest BCUT2D eigenvalue weighted by atomic mass is 32.1. The van der Waals surface area contributed by atoms with E-state index in [0.29, 0.717) is 18.7 Å². The minimum absolute atomic E-state index is 0.0304. The number of thiazole rings is 1. The molecule has 0 aliphatic carbocycles. The van der Waals surface area contributed by atoms with Crippen molar-refractivity contribution in [3.8, 4) is 11.5 Å². The Morgan fingerprint density at radius 1 is 1.14 bits per heavy atom. The number of ether oxygens (including phenoxy) is 2. The van der Waals surface area contributed by atoms with E-state index in [0.717, 1.165) is 39.6 Å². The topological polar surface area (TPSA) is 54.9 Å². The van der Waals surface area contributed by atoms with E-state index in [1.54, 1.807) is 11.3 Å². The quantitative estimate of drug-likeness (QED) is 0.593. The first kappa shape index (κ1) is 19.7. The molecule has 0 atom stereocenters. The zero-order valence-electron chi connectivity index (χ0n) is 17.0. The number of amides is 1. The molecule has 0 spiro atoms. The zero-order chi connectivity index (χ0) is 20.4. The number of nitrogens with zero attached hydrogens (tertiary/aromatic N) is 3. The Hall–Kier alpha value is -2.64. The first-order valence-corrected chi connectivity index (χ1v) is 10.6. The average Bonchev–Trinajstić information content (AvgIpc) is 3.33. The van der Waals surface area contributed by atoms with Gasteiger partial charge >= 0.3 is 0 Å². The largest absolute Gasteiger partial charge is 0.454 e. The molecule has 3 aromatic rings. The first-order chi connectivity index (χ1) is 14.0. The third-order valence-electron chi connectivity index (χ3n) is 4.97. The fraction of sp³-hybridized carbons (Fsp3) is 0.364. The summed E-state index contributed by atoms with van der Waals surface area (Å²) in [5, 5.41) is 0.758. The molecule has 0 bridgehead atoms. The molecule has 0 radical (unpaired) electrons. The average molecular weight is 412 g/mol. The van der Waals surface area contributed by atoms with Crippen LogP contribution < -0.4 is 14.4 Å². The molecule has 152 valence electrons. The SMILES string of the molecule is CCc1cccc2sc(N(CCN(C)C)C(=O)Cc3ccc4c(c3)OCO4)nc12. The molecule has 29 heavy (non-hydrogen) atoms. The molecular formula is C22H25N3O3S. The van der Waals surface area contributed by atoms with Crippen molar-refractivity contribution in [2.24, 2.45) is 0 Å². The van der Waals surface area contributed by atoms with Crippen molar-refractivity contribution in [1.82, 2.24) is 9.88 Å². The number of para-hydroxylation sites is 1. The summed E-state index contributed by atoms with van der Waals surface area (Å²) >= 11 is 1.58. The summed E-state index contributed by atoms with van der Waals surface area (Å²) in [5.74, 6) is 1.45. The van der Waals surface area contributed by atoms with E-state index < -0.39 is 0 Å². The lowest BCUT2D eigenvalue weighted by atomic mass is 10.1. The van der Waals surface area contributed by atoms with Gasteiger partial charge in [0, 0.05) is 13.1 Å². The van der Waals surface area contributed by atoms with Gasteiger partial charge in [-0.15, -0.1) is 0 Å². The summed E-state index contributed by atoms with van der Waals surface area (Å²) in [7, 11) is 4.02. The van der Waals surface area contributed by atoms with Gasteiger partial charge in [0.05, 0.1) is 16.6 Å². The second kappa shape index (κ2) is 8.39. The van der Waals surface area contributed by atoms with Gasteiger partial charge in [-0.1, -0.05) is 36.5 Å². The van der Waals surface area contributed by atoms with Gasteiger partial charge < -0.3 is 14.4 Å². The number of benzene rings is 2. The lowest BCUT2D eigenvalue weighted by Gasteiger charge is -2.22. The van der Waals surface area contributed by atoms with Crippen LogP contribution in [-0.2, 0) is 17.6 Å². The third-order valence-corrected chi connectivity index (χ3v) is 6.01. The summed E-state index contributed by atoms with van der Waals surface area (Å²) in [6, 6.07) is 11.9. The lowest BCUT2D eigenvalue weighted by Crippen LogP contribution is -2.37. The van der Waals surface area contributed by atoms with E-state index in [1.165, 1.54) is 5.56 Å². The number of hydrogen-bond donors (Lipinski definition) is 0. The van der Waals surface area contributed by atoms with Gasteiger partial charge in [0.2, 0.25) is 12.7 Å². The van der Waals surface area contributed by atoms with Crippen LogP contribution in [0.2, 0.25) is 0 Å². The highest BCUT2D eigenvalue weighted by Crippen LogP contribution is 2.34. The second-order valence-corrected chi connectivity index (χ2v) is 8.34. The zero-order valence-corrected chi connectivity index (χ0v) is 17.8. The molecule has 4 rings (SSSR count). The molecule has 2 heterocycles. The van der Waals surface area contributed by atoms with Gasteiger partial charge in [-0.3, -0.25) is 9.69 Å². The predicted molar refractivity (Wildman–Crippen MR) is 116 cm³/mol. The minimum Gasteiger partial charge on any atom is -0.454 e. The number of likely N-dealkylation sites (N-methyl/N-ethyl adjacent to an activating group) is 1. The maximum Gasteiger partial charge on any atom is 0.233 e. The number of aryl methyl sites for hydroxylation is 1. The van der Waals surface area contributed by atoms with Crippen LogP contribution in [0.25, 0.3) is 10.2 Å². The van der Waals surface area contributed by atoms with E-state index in [4.69, 9.17) is 14.5 Å². The lowest BCUT2D eigenvalue weighted by molar-refractivity contribution is -0.118. The maximum absolute atomic E-state index is 13.3. The van der Waals surface area contributed by atoms with Gasteiger partial charge in [0.15, 0.2) is 16.6 Å². The molecule has 1 aromatic heterocycles. The predicted octanol–water partition coefficient (Wildman–Crippen LogP) is 3.72. The van der Waals surface area contributed by atoms with Crippen LogP contribution in [0.1, 0.15) is 18.1 Å². The molecule has 1 aliphatic heterocycles. The number of carbonyl (C=O) groups excluding carboxylic acids is 1. The Labute approximate surface area is 174 Å². The Bertz CT molecular complexity index is 1030. The number of aromatic nitrogens is 1. The van der Waals surface area contributed by atoms with Crippen LogP contribution in [0.4, 0.5) is 5.13 Å². The minimum atomic E-state index is 0.0304. The van der Waals surface area contributed by atoms with Crippen LogP contribution in [0.5, 0.6) is 11.5 Å². The highest BCUT2D eigenvalue weighted by Gasteiger charge is 2.22. The molecule has 2 aromatic carbocycles. The number of carbonyl (C=O) groups is 1. The fourth-order valence-corrected chi connectivity index (χ4v) is 4.40. The van der Waals surface area contributed by atoms with E-state index in [-0.39, 0.29) is 12.7 Å². The number of anilines is 1. The van der Waals surface area contributed by atoms with Crippen molar-refractivity contribution < 1.29 is 14.3 Å².